The Morgan fingerprint density at radius 2 is 1.43 bits per heavy atom. The van der Waals surface area contributed by atoms with Gasteiger partial charge in [-0.2, -0.15) is 5.41 Å². The summed E-state index contributed by atoms with van der Waals surface area (Å²) in [5.41, 5.74) is 0.181. The zero-order valence-corrected chi connectivity index (χ0v) is 8.12. The number of rotatable bonds is 0. The van der Waals surface area contributed by atoms with Gasteiger partial charge in [0.25, 0.3) is 0 Å². The van der Waals surface area contributed by atoms with Crippen molar-refractivity contribution < 1.29 is 32.7 Å². The molecular formula is C6H11Y-. The monoisotopic (exact) mass is 172 g/mol. The minimum Gasteiger partial charge on any atom is -0.498 e. The summed E-state index contributed by atoms with van der Waals surface area (Å²) >= 11 is 0. The Hall–Kier alpha value is 0.844. The standard InChI is InChI=1S/C6H11.Y/c1-5-6(2,3)4;/h1H2,2-4H3;/q-1;. The average Bonchev–Trinajstić information content (AvgIpc) is 1.35. The van der Waals surface area contributed by atoms with Gasteiger partial charge in [-0.1, -0.05) is 20.8 Å². The van der Waals surface area contributed by atoms with E-state index in [0.29, 0.717) is 0 Å². The van der Waals surface area contributed by atoms with Crippen molar-refractivity contribution in [2.24, 2.45) is 5.41 Å². The Bertz CT molecular complexity index is 49.7. The molecule has 0 nitrogen and oxygen atoms in total. The van der Waals surface area contributed by atoms with Crippen LogP contribution < -0.4 is 0 Å². The Balaban J connectivity index is 0. The number of hydrogen-bond donors (Lipinski definition) is 0. The van der Waals surface area contributed by atoms with E-state index in [0.717, 1.165) is 0 Å². The first kappa shape index (κ1) is 10.8. The first-order valence-electron chi connectivity index (χ1n) is 2.10. The van der Waals surface area contributed by atoms with Crippen LogP contribution in [-0.4, -0.2) is 0 Å². The van der Waals surface area contributed by atoms with Crippen LogP contribution in [0.2, 0.25) is 0 Å². The van der Waals surface area contributed by atoms with Crippen molar-refractivity contribution in [3.05, 3.63) is 12.7 Å². The van der Waals surface area contributed by atoms with Crippen molar-refractivity contribution in [1.82, 2.24) is 0 Å². The summed E-state index contributed by atoms with van der Waals surface area (Å²) in [6.07, 6.45) is 2.85. The summed E-state index contributed by atoms with van der Waals surface area (Å²) in [5.74, 6) is 0. The zero-order chi connectivity index (χ0) is 5.21. The molecule has 39 valence electrons. The zero-order valence-electron chi connectivity index (χ0n) is 5.28. The van der Waals surface area contributed by atoms with Crippen LogP contribution in [0.3, 0.4) is 0 Å². The molecule has 0 spiro atoms. The first-order valence-corrected chi connectivity index (χ1v) is 2.10. The fraction of sp³-hybridized carbons (Fsp3) is 0.667. The van der Waals surface area contributed by atoms with Gasteiger partial charge in [-0.3, -0.25) is 6.58 Å². The van der Waals surface area contributed by atoms with Gasteiger partial charge in [0, 0.05) is 32.7 Å². The van der Waals surface area contributed by atoms with E-state index in [1.165, 1.54) is 0 Å². The predicted octanol–water partition coefficient (Wildman–Crippen LogP) is 2.02. The molecule has 0 N–H and O–H groups in total. The largest absolute Gasteiger partial charge is 0.498 e. The van der Waals surface area contributed by atoms with Crippen molar-refractivity contribution >= 4 is 0 Å². The van der Waals surface area contributed by atoms with E-state index in [1.807, 2.05) is 0 Å². The molecule has 0 atom stereocenters. The molecule has 0 aliphatic rings. The average molecular weight is 172 g/mol. The molecule has 1 radical (unpaired) electrons. The molecule has 0 saturated heterocycles. The SMILES string of the molecule is C=[C-]C(C)(C)C.[Y]. The quantitative estimate of drug-likeness (QED) is 0.490. The van der Waals surface area contributed by atoms with Gasteiger partial charge >= 0.3 is 0 Å². The molecule has 0 aromatic carbocycles. The van der Waals surface area contributed by atoms with Crippen LogP contribution in [-0.2, 0) is 32.7 Å². The molecule has 1 heteroatoms. The van der Waals surface area contributed by atoms with Crippen molar-refractivity contribution in [1.29, 1.82) is 0 Å². The van der Waals surface area contributed by atoms with E-state index in [1.54, 1.807) is 0 Å². The van der Waals surface area contributed by atoms with Crippen LogP contribution in [0.15, 0.2) is 6.58 Å². The maximum atomic E-state index is 3.51. The van der Waals surface area contributed by atoms with E-state index in [2.05, 4.69) is 33.4 Å². The summed E-state index contributed by atoms with van der Waals surface area (Å²) in [6.45, 7) is 9.72. The Morgan fingerprint density at radius 1 is 1.29 bits per heavy atom. The number of hydrogen-bond acceptors (Lipinski definition) is 0. The maximum absolute atomic E-state index is 3.51. The normalized spacial score (nSPS) is 9.57. The smallest absolute Gasteiger partial charge is 0 e. The van der Waals surface area contributed by atoms with E-state index < -0.39 is 0 Å². The summed E-state index contributed by atoms with van der Waals surface area (Å²) in [4.78, 5) is 0. The molecule has 0 unspecified atom stereocenters. The first-order chi connectivity index (χ1) is 2.56. The van der Waals surface area contributed by atoms with Crippen LogP contribution in [0, 0.1) is 11.5 Å². The van der Waals surface area contributed by atoms with Gasteiger partial charge in [-0.15, -0.1) is 0 Å². The molecule has 0 fully saturated rings. The molecule has 0 saturated carbocycles. The van der Waals surface area contributed by atoms with Crippen molar-refractivity contribution in [2.75, 3.05) is 0 Å². The van der Waals surface area contributed by atoms with Gasteiger partial charge in [0.15, 0.2) is 0 Å². The van der Waals surface area contributed by atoms with Crippen molar-refractivity contribution in [3.63, 3.8) is 0 Å². The van der Waals surface area contributed by atoms with E-state index in [4.69, 9.17) is 0 Å². The molecule has 0 heterocycles. The summed E-state index contributed by atoms with van der Waals surface area (Å²) in [5, 5.41) is 0. The molecule has 0 aromatic heterocycles. The Morgan fingerprint density at radius 3 is 1.43 bits per heavy atom. The van der Waals surface area contributed by atoms with Crippen LogP contribution in [0.1, 0.15) is 20.8 Å². The predicted molar refractivity (Wildman–Crippen MR) is 28.3 cm³/mol. The van der Waals surface area contributed by atoms with Gasteiger partial charge in [0.2, 0.25) is 0 Å². The molecule has 0 amide bonds. The van der Waals surface area contributed by atoms with Crippen LogP contribution in [0.5, 0.6) is 0 Å². The van der Waals surface area contributed by atoms with Crippen molar-refractivity contribution in [2.45, 2.75) is 20.8 Å². The second kappa shape index (κ2) is 3.80. The van der Waals surface area contributed by atoms with Crippen molar-refractivity contribution in [3.8, 4) is 0 Å². The third-order valence-electron chi connectivity index (χ3n) is 0.530. The van der Waals surface area contributed by atoms with Gasteiger partial charge in [0.1, 0.15) is 0 Å². The van der Waals surface area contributed by atoms with E-state index >= 15 is 0 Å². The van der Waals surface area contributed by atoms with Gasteiger partial charge in [0.05, 0.1) is 0 Å². The van der Waals surface area contributed by atoms with Crippen LogP contribution in [0.4, 0.5) is 0 Å². The Kier molecular flexibility index (Phi) is 5.84. The summed E-state index contributed by atoms with van der Waals surface area (Å²) in [7, 11) is 0. The fourth-order valence-electron chi connectivity index (χ4n) is 0. The molecule has 0 rings (SSSR count). The van der Waals surface area contributed by atoms with Gasteiger partial charge < -0.3 is 6.08 Å². The summed E-state index contributed by atoms with van der Waals surface area (Å²) in [6, 6.07) is 0. The van der Waals surface area contributed by atoms with Gasteiger partial charge in [-0.25, -0.2) is 0 Å². The molecule has 0 aromatic rings. The third-order valence-corrected chi connectivity index (χ3v) is 0.530. The van der Waals surface area contributed by atoms with E-state index in [-0.39, 0.29) is 38.1 Å². The second-order valence-corrected chi connectivity index (χ2v) is 2.43. The van der Waals surface area contributed by atoms with Crippen LogP contribution >= 0.6 is 0 Å². The summed E-state index contributed by atoms with van der Waals surface area (Å²) < 4.78 is 0. The topological polar surface area (TPSA) is 0 Å². The molecule has 0 bridgehead atoms. The molecule has 0 aliphatic carbocycles. The molecule has 0 aliphatic heterocycles. The number of allylic oxidation sites excluding steroid dienone is 1. The third kappa shape index (κ3) is 10.9. The minimum absolute atomic E-state index is 0. The Labute approximate surface area is 71.3 Å². The second-order valence-electron chi connectivity index (χ2n) is 2.43. The molecule has 7 heavy (non-hydrogen) atoms. The maximum Gasteiger partial charge on any atom is 0 e. The van der Waals surface area contributed by atoms with Crippen LogP contribution in [0.25, 0.3) is 0 Å². The molecular weight excluding hydrogens is 161 g/mol. The van der Waals surface area contributed by atoms with E-state index in [9.17, 15) is 0 Å². The minimum atomic E-state index is 0. The van der Waals surface area contributed by atoms with Gasteiger partial charge in [-0.05, 0) is 0 Å². The fourth-order valence-corrected chi connectivity index (χ4v) is 0.